The number of aromatic nitrogens is 2. The van der Waals surface area contributed by atoms with Crippen LogP contribution in [0, 0.1) is 11.3 Å². The maximum Gasteiger partial charge on any atom is 0.132 e. The predicted molar refractivity (Wildman–Crippen MR) is 87.8 cm³/mol. The Morgan fingerprint density at radius 3 is 2.57 bits per heavy atom. The Labute approximate surface area is 135 Å². The van der Waals surface area contributed by atoms with Crippen LogP contribution in [0.4, 0.5) is 0 Å². The monoisotopic (exact) mass is 359 g/mol. The summed E-state index contributed by atoms with van der Waals surface area (Å²) in [5.41, 5.74) is 3.10. The van der Waals surface area contributed by atoms with E-state index in [-0.39, 0.29) is 5.38 Å². The number of hydrogen-bond donors (Lipinski definition) is 0. The number of nitrogens with zero attached hydrogens (tertiary/aromatic N) is 3. The number of halogens is 2. The highest BCUT2D eigenvalue weighted by Crippen LogP contribution is 2.30. The van der Waals surface area contributed by atoms with Crippen LogP contribution in [0.15, 0.2) is 46.9 Å². The van der Waals surface area contributed by atoms with E-state index in [1.165, 1.54) is 0 Å². The predicted octanol–water partition coefficient (Wildman–Crippen LogP) is 4.96. The Bertz CT molecular complexity index is 844. The molecule has 0 aliphatic carbocycles. The molecule has 1 unspecified atom stereocenters. The smallest absolute Gasteiger partial charge is 0.132 e. The molecule has 3 aromatic rings. The summed E-state index contributed by atoms with van der Waals surface area (Å²) in [6, 6.07) is 15.7. The van der Waals surface area contributed by atoms with Gasteiger partial charge in [-0.1, -0.05) is 22.0 Å². The van der Waals surface area contributed by atoms with Gasteiger partial charge >= 0.3 is 0 Å². The van der Waals surface area contributed by atoms with Crippen LogP contribution in [0.5, 0.6) is 0 Å². The number of fused-ring (bicyclic) bond motifs is 1. The first-order valence-corrected chi connectivity index (χ1v) is 7.66. The van der Waals surface area contributed by atoms with Crippen molar-refractivity contribution >= 4 is 38.6 Å². The average molecular weight is 361 g/mol. The van der Waals surface area contributed by atoms with Gasteiger partial charge in [0.25, 0.3) is 0 Å². The van der Waals surface area contributed by atoms with Gasteiger partial charge in [-0.25, -0.2) is 4.98 Å². The molecule has 0 radical (unpaired) electrons. The van der Waals surface area contributed by atoms with E-state index < -0.39 is 0 Å². The maximum absolute atomic E-state index is 9.24. The van der Waals surface area contributed by atoms with E-state index in [4.69, 9.17) is 11.6 Å². The van der Waals surface area contributed by atoms with Crippen molar-refractivity contribution in [3.63, 3.8) is 0 Å². The molecule has 1 atom stereocenters. The summed E-state index contributed by atoms with van der Waals surface area (Å²) in [4.78, 5) is 4.58. The third kappa shape index (κ3) is 2.44. The topological polar surface area (TPSA) is 41.6 Å². The number of benzene rings is 2. The number of nitriles is 1. The molecular weight excluding hydrogens is 350 g/mol. The molecule has 2 aromatic carbocycles. The zero-order valence-electron chi connectivity index (χ0n) is 11.2. The Kier molecular flexibility index (Phi) is 3.71. The fourth-order valence-corrected chi connectivity index (χ4v) is 2.75. The van der Waals surface area contributed by atoms with Gasteiger partial charge in [-0.3, -0.25) is 4.57 Å². The lowest BCUT2D eigenvalue weighted by atomic mass is 10.2. The highest BCUT2D eigenvalue weighted by Gasteiger charge is 2.18. The van der Waals surface area contributed by atoms with Gasteiger partial charge in [-0.2, -0.15) is 5.26 Å². The van der Waals surface area contributed by atoms with Gasteiger partial charge in [-0.15, -0.1) is 11.6 Å². The molecule has 0 aliphatic heterocycles. The number of para-hydroxylation sites is 1. The molecule has 0 saturated heterocycles. The highest BCUT2D eigenvalue weighted by molar-refractivity contribution is 9.10. The van der Waals surface area contributed by atoms with Gasteiger partial charge in [0.1, 0.15) is 17.4 Å². The molecule has 0 aliphatic rings. The van der Waals surface area contributed by atoms with E-state index in [0.29, 0.717) is 11.1 Å². The second kappa shape index (κ2) is 5.51. The molecule has 0 saturated carbocycles. The largest absolute Gasteiger partial charge is 0.295 e. The highest BCUT2D eigenvalue weighted by atomic mass is 79.9. The lowest BCUT2D eigenvalue weighted by Crippen LogP contribution is -2.01. The fourth-order valence-electron chi connectivity index (χ4n) is 2.34. The molecule has 0 bridgehead atoms. The lowest BCUT2D eigenvalue weighted by molar-refractivity contribution is 0.882. The Hall–Kier alpha value is -1.83. The zero-order chi connectivity index (χ0) is 15.0. The van der Waals surface area contributed by atoms with Crippen LogP contribution >= 0.6 is 27.5 Å². The summed E-state index contributed by atoms with van der Waals surface area (Å²) >= 11 is 9.72. The molecule has 5 heteroatoms. The van der Waals surface area contributed by atoms with E-state index in [0.717, 1.165) is 21.5 Å². The molecule has 0 N–H and O–H groups in total. The van der Waals surface area contributed by atoms with Gasteiger partial charge in [-0.05, 0) is 43.3 Å². The molecule has 0 amide bonds. The van der Waals surface area contributed by atoms with Crippen molar-refractivity contribution in [3.8, 4) is 11.8 Å². The van der Waals surface area contributed by atoms with Gasteiger partial charge in [0, 0.05) is 10.2 Å². The van der Waals surface area contributed by atoms with Crippen molar-refractivity contribution < 1.29 is 0 Å². The number of alkyl halides is 1. The minimum absolute atomic E-state index is 0.257. The summed E-state index contributed by atoms with van der Waals surface area (Å²) in [5, 5.41) is 8.99. The van der Waals surface area contributed by atoms with Crippen LogP contribution in [0.3, 0.4) is 0 Å². The summed E-state index contributed by atoms with van der Waals surface area (Å²) < 4.78 is 3.01. The first kappa shape index (κ1) is 14.1. The first-order valence-electron chi connectivity index (χ1n) is 6.43. The zero-order valence-corrected chi connectivity index (χ0v) is 13.6. The second-order valence-corrected chi connectivity index (χ2v) is 6.25. The van der Waals surface area contributed by atoms with Crippen molar-refractivity contribution in [2.45, 2.75) is 12.3 Å². The third-order valence-corrected chi connectivity index (χ3v) is 4.00. The van der Waals surface area contributed by atoms with Gasteiger partial charge in [0.05, 0.1) is 16.5 Å². The van der Waals surface area contributed by atoms with Crippen LogP contribution in [0.25, 0.3) is 16.7 Å². The van der Waals surface area contributed by atoms with Crippen molar-refractivity contribution in [1.29, 1.82) is 5.26 Å². The third-order valence-electron chi connectivity index (χ3n) is 3.27. The molecule has 1 aromatic heterocycles. The minimum Gasteiger partial charge on any atom is -0.295 e. The molecular formula is C16H11BrClN3. The van der Waals surface area contributed by atoms with Crippen LogP contribution < -0.4 is 0 Å². The molecule has 3 rings (SSSR count). The van der Waals surface area contributed by atoms with Gasteiger partial charge in [0.2, 0.25) is 0 Å². The molecule has 21 heavy (non-hydrogen) atoms. The average Bonchev–Trinajstić information content (AvgIpc) is 2.87. The fraction of sp³-hybridized carbons (Fsp3) is 0.125. The molecule has 0 fully saturated rings. The van der Waals surface area contributed by atoms with Crippen molar-refractivity contribution in [1.82, 2.24) is 9.55 Å². The van der Waals surface area contributed by atoms with Crippen molar-refractivity contribution in [3.05, 3.63) is 58.3 Å². The molecule has 3 nitrogen and oxygen atoms in total. The lowest BCUT2D eigenvalue weighted by Gasteiger charge is -2.10. The van der Waals surface area contributed by atoms with Crippen LogP contribution in [-0.4, -0.2) is 9.55 Å². The SMILES string of the molecule is CC(Cl)c1nc2c(C#N)cccc2n1-c1ccc(Br)cc1. The standard InChI is InChI=1S/C16H11BrClN3/c1-10(18)16-20-15-11(9-19)3-2-4-14(15)21(16)13-7-5-12(17)6-8-13/h2-8,10H,1H3. The van der Waals surface area contributed by atoms with Gasteiger partial charge in [0.15, 0.2) is 0 Å². The molecule has 0 spiro atoms. The quantitative estimate of drug-likeness (QED) is 0.606. The van der Waals surface area contributed by atoms with E-state index >= 15 is 0 Å². The first-order chi connectivity index (χ1) is 10.1. The Morgan fingerprint density at radius 2 is 1.95 bits per heavy atom. The Morgan fingerprint density at radius 1 is 1.24 bits per heavy atom. The Balaban J connectivity index is 2.37. The molecule has 104 valence electrons. The van der Waals surface area contributed by atoms with E-state index in [1.807, 2.05) is 47.9 Å². The number of imidazole rings is 1. The summed E-state index contributed by atoms with van der Waals surface area (Å²) in [6.07, 6.45) is 0. The second-order valence-electron chi connectivity index (χ2n) is 4.68. The van der Waals surface area contributed by atoms with Crippen LogP contribution in [0.1, 0.15) is 23.7 Å². The number of rotatable bonds is 2. The van der Waals surface area contributed by atoms with Gasteiger partial charge < -0.3 is 0 Å². The van der Waals surface area contributed by atoms with Crippen molar-refractivity contribution in [2.24, 2.45) is 0 Å². The van der Waals surface area contributed by atoms with E-state index in [1.54, 1.807) is 6.07 Å². The van der Waals surface area contributed by atoms with Crippen molar-refractivity contribution in [2.75, 3.05) is 0 Å². The van der Waals surface area contributed by atoms with E-state index in [2.05, 4.69) is 27.0 Å². The van der Waals surface area contributed by atoms with Crippen LogP contribution in [0.2, 0.25) is 0 Å². The summed E-state index contributed by atoms with van der Waals surface area (Å²) in [5.74, 6) is 0.733. The summed E-state index contributed by atoms with van der Waals surface area (Å²) in [7, 11) is 0. The normalized spacial score (nSPS) is 12.3. The van der Waals surface area contributed by atoms with Crippen LogP contribution in [-0.2, 0) is 0 Å². The number of hydrogen-bond acceptors (Lipinski definition) is 2. The maximum atomic E-state index is 9.24. The molecule has 1 heterocycles. The minimum atomic E-state index is -0.257. The van der Waals surface area contributed by atoms with E-state index in [9.17, 15) is 5.26 Å². The summed E-state index contributed by atoms with van der Waals surface area (Å²) in [6.45, 7) is 1.88.